The maximum absolute atomic E-state index is 12.4. The summed E-state index contributed by atoms with van der Waals surface area (Å²) >= 11 is 3.11. The molecule has 1 fully saturated rings. The van der Waals surface area contributed by atoms with Gasteiger partial charge in [-0.15, -0.1) is 0 Å². The molecule has 0 amide bonds. The average molecular weight is 336 g/mol. The van der Waals surface area contributed by atoms with Gasteiger partial charge in [-0.1, -0.05) is 6.92 Å². The first-order valence-corrected chi connectivity index (χ1v) is 10.0. The fourth-order valence-corrected chi connectivity index (χ4v) is 6.24. The highest BCUT2D eigenvalue weighted by molar-refractivity contribution is 8.00. The molecule has 1 aliphatic heterocycles. The van der Waals surface area contributed by atoms with Crippen LogP contribution in [-0.2, 0) is 9.84 Å². The van der Waals surface area contributed by atoms with E-state index in [1.165, 1.54) is 11.5 Å². The first-order chi connectivity index (χ1) is 9.27. The Morgan fingerprint density at radius 2 is 2.15 bits per heavy atom. The van der Waals surface area contributed by atoms with Crippen LogP contribution in [0, 0.1) is 0 Å². The quantitative estimate of drug-likeness (QED) is 0.909. The van der Waals surface area contributed by atoms with Crippen molar-refractivity contribution in [1.29, 1.82) is 0 Å². The fraction of sp³-hybridized carbons (Fsp3) is 0.750. The second kappa shape index (κ2) is 5.73. The van der Waals surface area contributed by atoms with Gasteiger partial charge in [0.2, 0.25) is 0 Å². The molecule has 2 N–H and O–H groups in total. The molecule has 0 atom stereocenters. The van der Waals surface area contributed by atoms with Gasteiger partial charge in [0, 0.05) is 23.6 Å². The van der Waals surface area contributed by atoms with E-state index in [4.69, 9.17) is 5.73 Å². The van der Waals surface area contributed by atoms with Crippen molar-refractivity contribution in [3.8, 4) is 0 Å². The summed E-state index contributed by atoms with van der Waals surface area (Å²) in [5.41, 5.74) is 5.82. The van der Waals surface area contributed by atoms with E-state index in [9.17, 15) is 8.42 Å². The number of aromatic nitrogens is 1. The van der Waals surface area contributed by atoms with Gasteiger partial charge in [0.25, 0.3) is 0 Å². The highest BCUT2D eigenvalue weighted by atomic mass is 32.2. The third-order valence-electron chi connectivity index (χ3n) is 3.15. The van der Waals surface area contributed by atoms with Gasteiger partial charge in [-0.2, -0.15) is 16.1 Å². The molecule has 2 heterocycles. The molecule has 1 aliphatic rings. The van der Waals surface area contributed by atoms with Gasteiger partial charge in [0.1, 0.15) is 9.90 Å². The van der Waals surface area contributed by atoms with Crippen LogP contribution in [0.2, 0.25) is 0 Å². The maximum Gasteiger partial charge on any atom is 0.185 e. The minimum Gasteiger partial charge on any atom is -0.382 e. The second-order valence-electron chi connectivity index (χ2n) is 5.55. The Morgan fingerprint density at radius 3 is 2.75 bits per heavy atom. The van der Waals surface area contributed by atoms with Crippen LogP contribution >= 0.6 is 23.3 Å². The van der Waals surface area contributed by atoms with Gasteiger partial charge in [-0.25, -0.2) is 8.42 Å². The van der Waals surface area contributed by atoms with Gasteiger partial charge in [-0.3, -0.25) is 0 Å². The van der Waals surface area contributed by atoms with Crippen LogP contribution < -0.4 is 10.6 Å². The number of nitrogens with zero attached hydrogens (tertiary/aromatic N) is 2. The summed E-state index contributed by atoms with van der Waals surface area (Å²) < 4.78 is 29.0. The molecular formula is C12H21N3O2S3. The number of thioether (sulfide) groups is 1. The predicted octanol–water partition coefficient (Wildman–Crippen LogP) is 2.24. The lowest BCUT2D eigenvalue weighted by molar-refractivity contribution is 0.593. The van der Waals surface area contributed by atoms with Crippen LogP contribution in [0.15, 0.2) is 4.90 Å². The summed E-state index contributed by atoms with van der Waals surface area (Å²) in [6, 6.07) is 0. The van der Waals surface area contributed by atoms with Gasteiger partial charge >= 0.3 is 0 Å². The highest BCUT2D eigenvalue weighted by Crippen LogP contribution is 2.39. The summed E-state index contributed by atoms with van der Waals surface area (Å²) in [6.45, 7) is 7.86. The van der Waals surface area contributed by atoms with Gasteiger partial charge < -0.3 is 10.6 Å². The van der Waals surface area contributed by atoms with E-state index < -0.39 is 9.84 Å². The molecule has 0 radical (unpaired) electrons. The molecule has 0 aliphatic carbocycles. The molecule has 0 spiro atoms. The van der Waals surface area contributed by atoms with E-state index in [2.05, 4.69) is 23.1 Å². The van der Waals surface area contributed by atoms with E-state index >= 15 is 0 Å². The zero-order valence-electron chi connectivity index (χ0n) is 12.0. The zero-order chi connectivity index (χ0) is 15.0. The first-order valence-electron chi connectivity index (χ1n) is 6.63. The SMILES string of the molecule is CCCS(=O)(=O)c1c(N)nsc1N1CCSC(C)(C)C1. The van der Waals surface area contributed by atoms with Crippen LogP contribution in [-0.4, -0.2) is 42.1 Å². The number of rotatable bonds is 4. The lowest BCUT2D eigenvalue weighted by Crippen LogP contribution is -2.43. The molecule has 114 valence electrons. The standard InChI is InChI=1S/C12H21N3O2S3/c1-4-7-20(16,17)9-10(13)14-19-11(9)15-5-6-18-12(2,3)8-15/h4-8H2,1-3H3,(H2,13,14). The van der Waals surface area contributed by atoms with Gasteiger partial charge in [0.15, 0.2) is 15.7 Å². The smallest absolute Gasteiger partial charge is 0.185 e. The Bertz CT molecular complexity index is 581. The molecule has 0 saturated carbocycles. The third kappa shape index (κ3) is 3.23. The number of nitrogen functional groups attached to an aromatic ring is 1. The van der Waals surface area contributed by atoms with Crippen molar-refractivity contribution in [2.75, 3.05) is 35.2 Å². The van der Waals surface area contributed by atoms with E-state index in [0.29, 0.717) is 11.4 Å². The molecule has 0 bridgehead atoms. The monoisotopic (exact) mass is 335 g/mol. The van der Waals surface area contributed by atoms with E-state index in [1.807, 2.05) is 18.7 Å². The van der Waals surface area contributed by atoms with Crippen LogP contribution in [0.4, 0.5) is 10.8 Å². The predicted molar refractivity (Wildman–Crippen MR) is 87.6 cm³/mol. The van der Waals surface area contributed by atoms with E-state index in [1.54, 1.807) is 0 Å². The summed E-state index contributed by atoms with van der Waals surface area (Å²) in [6.07, 6.45) is 0.582. The first kappa shape index (κ1) is 15.9. The molecule has 5 nitrogen and oxygen atoms in total. The molecule has 2 rings (SSSR count). The Morgan fingerprint density at radius 1 is 1.45 bits per heavy atom. The molecule has 0 unspecified atom stereocenters. The third-order valence-corrected chi connectivity index (χ3v) is 7.47. The Balaban J connectivity index is 2.39. The normalized spacial score (nSPS) is 19.2. The Kier molecular flexibility index (Phi) is 4.56. The van der Waals surface area contributed by atoms with Crippen molar-refractivity contribution in [3.05, 3.63) is 0 Å². The number of hydrogen-bond acceptors (Lipinski definition) is 7. The Hall–Kier alpha value is -0.470. The van der Waals surface area contributed by atoms with Gasteiger partial charge in [0.05, 0.1) is 5.75 Å². The molecule has 1 saturated heterocycles. The molecule has 1 aromatic heterocycles. The molecular weight excluding hydrogens is 314 g/mol. The summed E-state index contributed by atoms with van der Waals surface area (Å²) in [5, 5.41) is 0.712. The maximum atomic E-state index is 12.4. The average Bonchev–Trinajstić information content (AvgIpc) is 2.70. The largest absolute Gasteiger partial charge is 0.382 e. The van der Waals surface area contributed by atoms with Crippen molar-refractivity contribution in [2.45, 2.75) is 36.8 Å². The summed E-state index contributed by atoms with van der Waals surface area (Å²) in [7, 11) is -3.34. The fourth-order valence-electron chi connectivity index (χ4n) is 2.34. The van der Waals surface area contributed by atoms with Gasteiger partial charge in [-0.05, 0) is 31.8 Å². The highest BCUT2D eigenvalue weighted by Gasteiger charge is 2.33. The summed E-state index contributed by atoms with van der Waals surface area (Å²) in [5.74, 6) is 1.25. The molecule has 20 heavy (non-hydrogen) atoms. The lowest BCUT2D eigenvalue weighted by atomic mass is 10.2. The Labute approximate surface area is 129 Å². The van der Waals surface area contributed by atoms with Crippen molar-refractivity contribution < 1.29 is 8.42 Å². The van der Waals surface area contributed by atoms with Crippen molar-refractivity contribution in [1.82, 2.24) is 4.37 Å². The zero-order valence-corrected chi connectivity index (χ0v) is 14.5. The number of sulfone groups is 1. The topological polar surface area (TPSA) is 76.3 Å². The van der Waals surface area contributed by atoms with Crippen LogP contribution in [0.25, 0.3) is 0 Å². The number of nitrogens with two attached hydrogens (primary N) is 1. The second-order valence-corrected chi connectivity index (χ2v) is 10.2. The number of anilines is 2. The number of hydrogen-bond donors (Lipinski definition) is 1. The minimum atomic E-state index is -3.34. The van der Waals surface area contributed by atoms with Crippen molar-refractivity contribution >= 4 is 44.0 Å². The van der Waals surface area contributed by atoms with Crippen LogP contribution in [0.3, 0.4) is 0 Å². The van der Waals surface area contributed by atoms with Crippen LogP contribution in [0.5, 0.6) is 0 Å². The van der Waals surface area contributed by atoms with Crippen molar-refractivity contribution in [2.24, 2.45) is 0 Å². The van der Waals surface area contributed by atoms with Crippen LogP contribution in [0.1, 0.15) is 27.2 Å². The van der Waals surface area contributed by atoms with Crippen molar-refractivity contribution in [3.63, 3.8) is 0 Å². The molecule has 0 aromatic carbocycles. The summed E-state index contributed by atoms with van der Waals surface area (Å²) in [4.78, 5) is 2.36. The minimum absolute atomic E-state index is 0.114. The van der Waals surface area contributed by atoms with E-state index in [-0.39, 0.29) is 21.2 Å². The van der Waals surface area contributed by atoms with E-state index in [0.717, 1.165) is 18.8 Å². The molecule has 8 heteroatoms. The molecule has 1 aromatic rings. The lowest BCUT2D eigenvalue weighted by Gasteiger charge is -2.38.